The fraction of sp³-hybridized carbons (Fsp3) is 0. The van der Waals surface area contributed by atoms with Crippen molar-refractivity contribution in [2.45, 2.75) is 0 Å². The minimum absolute atomic E-state index is 0.467. The summed E-state index contributed by atoms with van der Waals surface area (Å²) >= 11 is 5.83. The molecule has 0 spiro atoms. The van der Waals surface area contributed by atoms with E-state index in [1.807, 2.05) is 12.1 Å². The molecule has 5 heteroatoms. The Balaban J connectivity index is 2.04. The van der Waals surface area contributed by atoms with Gasteiger partial charge in [0.25, 0.3) is 0 Å². The molecule has 2 aromatic rings. The summed E-state index contributed by atoms with van der Waals surface area (Å²) < 4.78 is 10.4. The Hall–Kier alpha value is -1.28. The van der Waals surface area contributed by atoms with E-state index in [2.05, 4.69) is 0 Å². The van der Waals surface area contributed by atoms with E-state index < -0.39 is 7.30 Å². The molecular weight excluding hydrogens is 259 g/mol. The van der Waals surface area contributed by atoms with Crippen molar-refractivity contribution in [3.05, 3.63) is 60.7 Å². The highest BCUT2D eigenvalue weighted by atomic mass is 35.7. The van der Waals surface area contributed by atoms with Gasteiger partial charge in [0.2, 0.25) is 11.2 Å². The number of benzene rings is 2. The van der Waals surface area contributed by atoms with Gasteiger partial charge in [-0.05, 0) is 24.3 Å². The van der Waals surface area contributed by atoms with Crippen molar-refractivity contribution >= 4 is 18.5 Å². The molecule has 3 nitrogen and oxygen atoms in total. The van der Waals surface area contributed by atoms with Gasteiger partial charge in [-0.15, -0.1) is 0 Å². The molecule has 0 aliphatic carbocycles. The molecule has 0 unspecified atom stereocenters. The molecule has 0 fully saturated rings. The topological polar surface area (TPSA) is 38.7 Å². The Morgan fingerprint density at radius 1 is 0.765 bits per heavy atom. The number of para-hydroxylation sites is 2. The van der Waals surface area contributed by atoms with Crippen LogP contribution < -0.4 is 9.05 Å². The fourth-order valence-electron chi connectivity index (χ4n) is 1.24. The lowest BCUT2D eigenvalue weighted by molar-refractivity contribution is 0.370. The van der Waals surface area contributed by atoms with E-state index in [4.69, 9.17) is 20.3 Å². The van der Waals surface area contributed by atoms with Crippen LogP contribution in [0.1, 0.15) is 0 Å². The average molecular weight is 270 g/mol. The zero-order valence-corrected chi connectivity index (χ0v) is 10.5. The Labute approximate surface area is 105 Å². The second-order valence-electron chi connectivity index (χ2n) is 3.26. The molecule has 0 heterocycles. The number of halogens is 1. The van der Waals surface area contributed by atoms with Gasteiger partial charge in [-0.3, -0.25) is 9.05 Å². The van der Waals surface area contributed by atoms with Crippen LogP contribution >= 0.6 is 18.5 Å². The van der Waals surface area contributed by atoms with Crippen molar-refractivity contribution in [2.24, 2.45) is 0 Å². The fourth-order valence-corrected chi connectivity index (χ4v) is 2.52. The molecule has 0 saturated heterocycles. The van der Waals surface area contributed by atoms with Gasteiger partial charge in [0.1, 0.15) is 0 Å². The lowest BCUT2D eigenvalue weighted by Gasteiger charge is -2.09. The Morgan fingerprint density at radius 3 is 1.47 bits per heavy atom. The summed E-state index contributed by atoms with van der Waals surface area (Å²) in [5.74, 6) is 0.934. The molecule has 0 atom stereocenters. The first-order valence-corrected chi connectivity index (χ1v) is 7.45. The minimum atomic E-state index is -3.41. The molecule has 0 aliphatic heterocycles. The largest absolute Gasteiger partial charge is 0.611 e. The van der Waals surface area contributed by atoms with Crippen LogP contribution in [-0.2, 0) is 0 Å². The highest BCUT2D eigenvalue weighted by Gasteiger charge is 2.43. The maximum absolute atomic E-state index is 9.85. The van der Waals surface area contributed by atoms with E-state index >= 15 is 0 Å². The minimum Gasteiger partial charge on any atom is -0.264 e. The maximum Gasteiger partial charge on any atom is 0.611 e. The molecule has 0 amide bonds. The Morgan fingerprint density at radius 2 is 1.12 bits per heavy atom. The summed E-state index contributed by atoms with van der Waals surface area (Å²) in [6, 6.07) is 17.6. The normalized spacial score (nSPS) is 10.9. The predicted molar refractivity (Wildman–Crippen MR) is 69.1 cm³/mol. The number of rotatable bonds is 4. The van der Waals surface area contributed by atoms with Crippen LogP contribution in [0, 0.1) is 0 Å². The third-order valence-electron chi connectivity index (χ3n) is 1.92. The van der Waals surface area contributed by atoms with Gasteiger partial charge in [0, 0.05) is 0 Å². The molecule has 17 heavy (non-hydrogen) atoms. The molecule has 2 rings (SSSR count). The quantitative estimate of drug-likeness (QED) is 0.851. The van der Waals surface area contributed by atoms with Crippen molar-refractivity contribution in [1.82, 2.24) is 0 Å². The summed E-state index contributed by atoms with van der Waals surface area (Å²) in [5.41, 5.74) is 0. The molecular formula is C12H11ClO3P+. The number of hydrogen-bond donors (Lipinski definition) is 1. The van der Waals surface area contributed by atoms with Crippen LogP contribution in [0.5, 0.6) is 11.5 Å². The molecule has 0 bridgehead atoms. The van der Waals surface area contributed by atoms with Gasteiger partial charge >= 0.3 is 7.30 Å². The van der Waals surface area contributed by atoms with E-state index in [1.165, 1.54) is 0 Å². The molecule has 0 aromatic heterocycles. The third-order valence-corrected chi connectivity index (χ3v) is 3.21. The second-order valence-corrected chi connectivity index (χ2v) is 5.81. The van der Waals surface area contributed by atoms with E-state index in [1.54, 1.807) is 48.5 Å². The summed E-state index contributed by atoms with van der Waals surface area (Å²) in [5, 5.41) is 0. The van der Waals surface area contributed by atoms with Crippen LogP contribution in [0.25, 0.3) is 0 Å². The van der Waals surface area contributed by atoms with E-state index in [-0.39, 0.29) is 0 Å². The summed E-state index contributed by atoms with van der Waals surface area (Å²) in [7, 11) is -3.41. The van der Waals surface area contributed by atoms with Gasteiger partial charge in [0.05, 0.1) is 0 Å². The molecule has 2 aromatic carbocycles. The number of hydrogen-bond acceptors (Lipinski definition) is 3. The van der Waals surface area contributed by atoms with E-state index in [0.717, 1.165) is 0 Å². The van der Waals surface area contributed by atoms with Gasteiger partial charge in [0.15, 0.2) is 11.5 Å². The highest BCUT2D eigenvalue weighted by molar-refractivity contribution is 7.87. The van der Waals surface area contributed by atoms with Crippen LogP contribution in [0.3, 0.4) is 0 Å². The van der Waals surface area contributed by atoms with Crippen LogP contribution in [0.4, 0.5) is 0 Å². The summed E-state index contributed by atoms with van der Waals surface area (Å²) in [6.07, 6.45) is 0. The first kappa shape index (κ1) is 12.2. The molecule has 1 N–H and O–H groups in total. The summed E-state index contributed by atoms with van der Waals surface area (Å²) in [6.45, 7) is 0. The Kier molecular flexibility index (Phi) is 3.85. The standard InChI is InChI=1S/C12H11ClO3P/c13-17(14,15-11-7-3-1-4-8-11)16-12-9-5-2-6-10-12/h1-10,14H/q+1. The zero-order chi connectivity index (χ0) is 12.1. The van der Waals surface area contributed by atoms with Crippen LogP contribution in [0.2, 0.25) is 0 Å². The Bertz CT molecular complexity index is 418. The van der Waals surface area contributed by atoms with Gasteiger partial charge < -0.3 is 0 Å². The van der Waals surface area contributed by atoms with Crippen molar-refractivity contribution in [1.29, 1.82) is 0 Å². The van der Waals surface area contributed by atoms with Gasteiger partial charge in [-0.25, -0.2) is 0 Å². The monoisotopic (exact) mass is 269 g/mol. The highest BCUT2D eigenvalue weighted by Crippen LogP contribution is 2.60. The first-order valence-electron chi connectivity index (χ1n) is 4.96. The van der Waals surface area contributed by atoms with Crippen molar-refractivity contribution in [3.8, 4) is 11.5 Å². The molecule has 0 saturated carbocycles. The molecule has 0 radical (unpaired) electrons. The van der Waals surface area contributed by atoms with Crippen molar-refractivity contribution in [3.63, 3.8) is 0 Å². The van der Waals surface area contributed by atoms with Crippen LogP contribution in [-0.4, -0.2) is 4.89 Å². The summed E-state index contributed by atoms with van der Waals surface area (Å²) in [4.78, 5) is 9.85. The van der Waals surface area contributed by atoms with Gasteiger partial charge in [-0.2, -0.15) is 4.89 Å². The van der Waals surface area contributed by atoms with Crippen molar-refractivity contribution in [2.75, 3.05) is 0 Å². The van der Waals surface area contributed by atoms with Crippen LogP contribution in [0.15, 0.2) is 60.7 Å². The SMILES string of the molecule is O[P+](Cl)(Oc1ccccc1)Oc1ccccc1. The van der Waals surface area contributed by atoms with E-state index in [9.17, 15) is 4.89 Å². The smallest absolute Gasteiger partial charge is 0.264 e. The lowest BCUT2D eigenvalue weighted by Crippen LogP contribution is -2.01. The molecule has 0 aliphatic rings. The van der Waals surface area contributed by atoms with Crippen molar-refractivity contribution < 1.29 is 13.9 Å². The second kappa shape index (κ2) is 5.37. The molecule has 88 valence electrons. The predicted octanol–water partition coefficient (Wildman–Crippen LogP) is 4.05. The maximum atomic E-state index is 9.85. The first-order chi connectivity index (χ1) is 8.16. The third kappa shape index (κ3) is 3.90. The van der Waals surface area contributed by atoms with E-state index in [0.29, 0.717) is 11.5 Å². The average Bonchev–Trinajstić information content (AvgIpc) is 2.30. The lowest BCUT2D eigenvalue weighted by atomic mass is 10.3. The zero-order valence-electron chi connectivity index (χ0n) is 8.86. The van der Waals surface area contributed by atoms with Gasteiger partial charge in [-0.1, -0.05) is 36.4 Å².